The van der Waals surface area contributed by atoms with Crippen molar-refractivity contribution >= 4 is 40.4 Å². The van der Waals surface area contributed by atoms with Gasteiger partial charge in [-0.05, 0) is 73.2 Å². The molecule has 0 saturated heterocycles. The number of rotatable bonds is 8. The number of carbonyl (C=O) groups is 3. The topological polar surface area (TPSA) is 84.5 Å². The van der Waals surface area contributed by atoms with Gasteiger partial charge in [0.15, 0.2) is 0 Å². The van der Waals surface area contributed by atoms with Crippen molar-refractivity contribution in [3.05, 3.63) is 69.3 Å². The second-order valence-electron chi connectivity index (χ2n) is 7.67. The molecule has 0 fully saturated rings. The number of nitrogens with one attached hydrogen (secondary N) is 2. The van der Waals surface area contributed by atoms with Crippen LogP contribution in [0, 0.1) is 8.99 Å². The molecule has 6 nitrogen and oxygen atoms in total. The highest BCUT2D eigenvalue weighted by molar-refractivity contribution is 14.1. The van der Waals surface area contributed by atoms with Gasteiger partial charge in [0, 0.05) is 21.6 Å². The van der Waals surface area contributed by atoms with E-state index in [2.05, 4.69) is 33.2 Å². The minimum absolute atomic E-state index is 0.328. The van der Waals surface area contributed by atoms with Crippen LogP contribution in [0.4, 0.5) is 0 Å². The molecule has 7 heteroatoms. The van der Waals surface area contributed by atoms with Crippen LogP contribution in [0.25, 0.3) is 0 Å². The van der Waals surface area contributed by atoms with Gasteiger partial charge >= 0.3 is 5.97 Å². The lowest BCUT2D eigenvalue weighted by Gasteiger charge is -2.31. The SMILES string of the molecule is COC(=O)C(C)(C)[C@@H](C)NC(=O)[C@H](Cc1ccccc1)NC(=O)c1ccc(I)cc1. The summed E-state index contributed by atoms with van der Waals surface area (Å²) in [5, 5.41) is 5.70. The van der Waals surface area contributed by atoms with Crippen molar-refractivity contribution < 1.29 is 19.1 Å². The Hall–Kier alpha value is -2.42. The molecule has 2 N–H and O–H groups in total. The highest BCUT2D eigenvalue weighted by Gasteiger charge is 2.37. The number of carbonyl (C=O) groups excluding carboxylic acids is 3. The average Bonchev–Trinajstić information content (AvgIpc) is 2.73. The van der Waals surface area contributed by atoms with E-state index < -0.39 is 23.5 Å². The van der Waals surface area contributed by atoms with Gasteiger partial charge in [0.25, 0.3) is 5.91 Å². The van der Waals surface area contributed by atoms with E-state index in [4.69, 9.17) is 4.74 Å². The van der Waals surface area contributed by atoms with Gasteiger partial charge in [0.2, 0.25) is 5.91 Å². The summed E-state index contributed by atoms with van der Waals surface area (Å²) in [7, 11) is 1.32. The van der Waals surface area contributed by atoms with Crippen LogP contribution in [0.15, 0.2) is 54.6 Å². The zero-order chi connectivity index (χ0) is 22.3. The van der Waals surface area contributed by atoms with E-state index in [1.54, 1.807) is 32.9 Å². The van der Waals surface area contributed by atoms with Crippen LogP contribution in [0.3, 0.4) is 0 Å². The summed E-state index contributed by atoms with van der Waals surface area (Å²) >= 11 is 2.17. The van der Waals surface area contributed by atoms with Crippen LogP contribution < -0.4 is 10.6 Å². The first-order valence-electron chi connectivity index (χ1n) is 9.64. The molecular formula is C23H27IN2O4. The van der Waals surface area contributed by atoms with E-state index in [9.17, 15) is 14.4 Å². The van der Waals surface area contributed by atoms with E-state index in [0.717, 1.165) is 9.13 Å². The lowest BCUT2D eigenvalue weighted by atomic mass is 9.85. The maximum absolute atomic E-state index is 13.1. The summed E-state index contributed by atoms with van der Waals surface area (Å²) in [6.45, 7) is 5.16. The summed E-state index contributed by atoms with van der Waals surface area (Å²) in [4.78, 5) is 37.9. The third-order valence-corrected chi connectivity index (χ3v) is 5.88. The van der Waals surface area contributed by atoms with E-state index in [1.165, 1.54) is 7.11 Å². The minimum Gasteiger partial charge on any atom is -0.469 e. The van der Waals surface area contributed by atoms with Crippen molar-refractivity contribution in [1.82, 2.24) is 10.6 Å². The predicted molar refractivity (Wildman–Crippen MR) is 124 cm³/mol. The smallest absolute Gasteiger partial charge is 0.313 e. The molecule has 0 aliphatic rings. The van der Waals surface area contributed by atoms with E-state index in [0.29, 0.717) is 12.0 Å². The summed E-state index contributed by atoms with van der Waals surface area (Å²) in [5.74, 6) is -1.11. The van der Waals surface area contributed by atoms with Crippen LogP contribution in [-0.2, 0) is 20.7 Å². The molecule has 160 valence electrons. The summed E-state index contributed by atoms with van der Waals surface area (Å²) in [6, 6.07) is 15.3. The number of methoxy groups -OCH3 is 1. The number of hydrogen-bond donors (Lipinski definition) is 2. The zero-order valence-corrected chi connectivity index (χ0v) is 19.7. The first kappa shape index (κ1) is 23.9. The lowest BCUT2D eigenvalue weighted by Crippen LogP contribution is -2.54. The molecule has 0 aliphatic heterocycles. The van der Waals surface area contributed by atoms with Crippen molar-refractivity contribution in [3.63, 3.8) is 0 Å². The molecule has 2 aromatic rings. The molecule has 30 heavy (non-hydrogen) atoms. The van der Waals surface area contributed by atoms with Crippen LogP contribution in [-0.4, -0.2) is 37.0 Å². The second-order valence-corrected chi connectivity index (χ2v) is 8.91. The van der Waals surface area contributed by atoms with Gasteiger partial charge < -0.3 is 15.4 Å². The van der Waals surface area contributed by atoms with E-state index >= 15 is 0 Å². The highest BCUT2D eigenvalue weighted by atomic mass is 127. The number of halogens is 1. The van der Waals surface area contributed by atoms with Crippen LogP contribution >= 0.6 is 22.6 Å². The largest absolute Gasteiger partial charge is 0.469 e. The first-order valence-corrected chi connectivity index (χ1v) is 10.7. The van der Waals surface area contributed by atoms with E-state index in [1.807, 2.05) is 42.5 Å². The van der Waals surface area contributed by atoms with Crippen LogP contribution in [0.5, 0.6) is 0 Å². The normalized spacial score (nSPS) is 13.1. The van der Waals surface area contributed by atoms with Gasteiger partial charge in [0.1, 0.15) is 6.04 Å². The Balaban J connectivity index is 2.19. The van der Waals surface area contributed by atoms with Crippen molar-refractivity contribution in [2.45, 2.75) is 39.3 Å². The fourth-order valence-corrected chi connectivity index (χ4v) is 3.20. The zero-order valence-electron chi connectivity index (χ0n) is 17.6. The van der Waals surface area contributed by atoms with Gasteiger partial charge in [-0.1, -0.05) is 30.3 Å². The van der Waals surface area contributed by atoms with Crippen LogP contribution in [0.1, 0.15) is 36.7 Å². The fourth-order valence-electron chi connectivity index (χ4n) is 2.84. The van der Waals surface area contributed by atoms with Crippen molar-refractivity contribution in [3.8, 4) is 0 Å². The van der Waals surface area contributed by atoms with Gasteiger partial charge in [0.05, 0.1) is 12.5 Å². The number of esters is 1. The Morgan fingerprint density at radius 2 is 1.60 bits per heavy atom. The summed E-state index contributed by atoms with van der Waals surface area (Å²) in [5.41, 5.74) is 0.478. The maximum atomic E-state index is 13.1. The molecule has 2 aromatic carbocycles. The Morgan fingerprint density at radius 3 is 2.17 bits per heavy atom. The molecule has 0 spiro atoms. The maximum Gasteiger partial charge on any atom is 0.313 e. The molecule has 0 saturated carbocycles. The van der Waals surface area contributed by atoms with Crippen molar-refractivity contribution in [2.75, 3.05) is 7.11 Å². The standard InChI is InChI=1S/C23H27IN2O4/c1-15(23(2,3)22(29)30-4)25-21(28)19(14-16-8-6-5-7-9-16)26-20(27)17-10-12-18(24)13-11-17/h5-13,15,19H,14H2,1-4H3,(H,25,28)(H,26,27)/t15-,19+/m1/s1. The summed E-state index contributed by atoms with van der Waals surface area (Å²) < 4.78 is 5.86. The van der Waals surface area contributed by atoms with Crippen molar-refractivity contribution in [2.24, 2.45) is 5.41 Å². The first-order chi connectivity index (χ1) is 14.1. The molecular weight excluding hydrogens is 495 g/mol. The predicted octanol–water partition coefficient (Wildman–Crippen LogP) is 3.34. The Bertz CT molecular complexity index is 882. The third-order valence-electron chi connectivity index (χ3n) is 5.16. The Morgan fingerprint density at radius 1 is 1.00 bits per heavy atom. The van der Waals surface area contributed by atoms with Gasteiger partial charge in [-0.15, -0.1) is 0 Å². The van der Waals surface area contributed by atoms with Gasteiger partial charge in [-0.2, -0.15) is 0 Å². The van der Waals surface area contributed by atoms with Gasteiger partial charge in [-0.3, -0.25) is 14.4 Å². The number of benzene rings is 2. The summed E-state index contributed by atoms with van der Waals surface area (Å²) in [6.07, 6.45) is 0.328. The molecule has 2 rings (SSSR count). The number of amides is 2. The van der Waals surface area contributed by atoms with E-state index in [-0.39, 0.29) is 11.8 Å². The average molecular weight is 522 g/mol. The van der Waals surface area contributed by atoms with Gasteiger partial charge in [-0.25, -0.2) is 0 Å². The third kappa shape index (κ3) is 6.29. The molecule has 0 aromatic heterocycles. The second kappa shape index (κ2) is 10.6. The number of ether oxygens (including phenoxy) is 1. The molecule has 0 unspecified atom stereocenters. The van der Waals surface area contributed by atoms with Crippen LogP contribution in [0.2, 0.25) is 0 Å². The highest BCUT2D eigenvalue weighted by Crippen LogP contribution is 2.22. The Labute approximate surface area is 190 Å². The molecule has 0 radical (unpaired) electrons. The molecule has 0 bridgehead atoms. The molecule has 0 aliphatic carbocycles. The fraction of sp³-hybridized carbons (Fsp3) is 0.348. The lowest BCUT2D eigenvalue weighted by molar-refractivity contribution is -0.152. The molecule has 0 heterocycles. The molecule has 2 amide bonds. The minimum atomic E-state index is -0.915. The number of hydrogen-bond acceptors (Lipinski definition) is 4. The molecule has 2 atom stereocenters. The quantitative estimate of drug-likeness (QED) is 0.412. The van der Waals surface area contributed by atoms with Crippen molar-refractivity contribution in [1.29, 1.82) is 0 Å². The Kier molecular flexibility index (Phi) is 8.40. The monoisotopic (exact) mass is 522 g/mol.